The maximum atomic E-state index is 11.9. The number of nitrogens with zero attached hydrogens (tertiary/aromatic N) is 4. The first-order valence-electron chi connectivity index (χ1n) is 10.5. The van der Waals surface area contributed by atoms with E-state index >= 15 is 0 Å². The Morgan fingerprint density at radius 3 is 2.71 bits per heavy atom. The molecule has 6 rings (SSSR count). The number of anilines is 1. The molecule has 31 heavy (non-hydrogen) atoms. The summed E-state index contributed by atoms with van der Waals surface area (Å²) in [6, 6.07) is 14.3. The second-order valence-electron chi connectivity index (χ2n) is 8.43. The number of nitrogens with one attached hydrogen (secondary N) is 1. The van der Waals surface area contributed by atoms with Crippen molar-refractivity contribution in [3.63, 3.8) is 0 Å². The number of fused-ring (bicyclic) bond motifs is 1. The Balaban J connectivity index is 1.52. The molecule has 1 N–H and O–H groups in total. The molecule has 0 aliphatic carbocycles. The van der Waals surface area contributed by atoms with E-state index < -0.39 is 0 Å². The van der Waals surface area contributed by atoms with Gasteiger partial charge in [-0.15, -0.1) is 11.3 Å². The van der Waals surface area contributed by atoms with Crippen LogP contribution in [0.2, 0.25) is 0 Å². The molecule has 1 aromatic carbocycles. The van der Waals surface area contributed by atoms with Crippen LogP contribution in [0, 0.1) is 5.41 Å². The lowest BCUT2D eigenvalue weighted by molar-refractivity contribution is -0.119. The summed E-state index contributed by atoms with van der Waals surface area (Å²) in [5.41, 5.74) is 3.24. The molecule has 3 aromatic heterocycles. The molecule has 7 heteroatoms. The molecule has 5 heterocycles. The van der Waals surface area contributed by atoms with Gasteiger partial charge in [-0.05, 0) is 24.1 Å². The van der Waals surface area contributed by atoms with Crippen LogP contribution in [-0.2, 0) is 4.79 Å². The minimum absolute atomic E-state index is 0.00571. The van der Waals surface area contributed by atoms with Crippen molar-refractivity contribution >= 4 is 33.3 Å². The van der Waals surface area contributed by atoms with Crippen LogP contribution in [-0.4, -0.2) is 40.5 Å². The van der Waals surface area contributed by atoms with E-state index in [4.69, 9.17) is 9.97 Å². The van der Waals surface area contributed by atoms with Gasteiger partial charge < -0.3 is 10.2 Å². The molecule has 2 aliphatic heterocycles. The number of carbonyl (C=O) groups is 1. The summed E-state index contributed by atoms with van der Waals surface area (Å²) in [4.78, 5) is 29.5. The molecule has 4 aromatic rings. The summed E-state index contributed by atoms with van der Waals surface area (Å²) < 4.78 is 0. The summed E-state index contributed by atoms with van der Waals surface area (Å²) in [5.74, 6) is 1.81. The third kappa shape index (κ3) is 3.16. The number of rotatable bonds is 3. The van der Waals surface area contributed by atoms with Crippen LogP contribution in [0.1, 0.15) is 12.8 Å². The molecular formula is C24H21N5OS. The molecule has 1 atom stereocenters. The standard InChI is InChI=1S/C24H21N5OS/c30-19-11-24(14-26-19)8-10-29(15-24)22-20-18(16-5-2-1-3-6-16)13-31-23(20)28-21(27-22)17-7-4-9-25-12-17/h1-7,9,12-13H,8,10-11,14-15H2,(H,26,30). The van der Waals surface area contributed by atoms with Crippen molar-refractivity contribution in [3.8, 4) is 22.5 Å². The summed E-state index contributed by atoms with van der Waals surface area (Å²) in [6.45, 7) is 2.47. The predicted molar refractivity (Wildman–Crippen MR) is 123 cm³/mol. The van der Waals surface area contributed by atoms with Crippen molar-refractivity contribution in [1.29, 1.82) is 0 Å². The van der Waals surface area contributed by atoms with Gasteiger partial charge in [0, 0.05) is 60.4 Å². The van der Waals surface area contributed by atoms with Crippen molar-refractivity contribution in [3.05, 3.63) is 60.2 Å². The third-order valence-corrected chi connectivity index (χ3v) is 7.23. The predicted octanol–water partition coefficient (Wildman–Crippen LogP) is 4.14. The Labute approximate surface area is 184 Å². The van der Waals surface area contributed by atoms with Crippen LogP contribution in [0.25, 0.3) is 32.7 Å². The fourth-order valence-electron chi connectivity index (χ4n) is 4.76. The minimum atomic E-state index is 0.00571. The van der Waals surface area contributed by atoms with Crippen LogP contribution in [0.15, 0.2) is 60.2 Å². The highest BCUT2D eigenvalue weighted by atomic mass is 32.1. The Hall–Kier alpha value is -3.32. The molecule has 1 amide bonds. The first-order valence-corrected chi connectivity index (χ1v) is 11.4. The van der Waals surface area contributed by atoms with Gasteiger partial charge in [0.25, 0.3) is 0 Å². The number of benzene rings is 1. The number of carbonyl (C=O) groups excluding carboxylic acids is 1. The third-order valence-electron chi connectivity index (χ3n) is 6.35. The number of hydrogen-bond donors (Lipinski definition) is 1. The van der Waals surface area contributed by atoms with Gasteiger partial charge in [-0.2, -0.15) is 0 Å². The summed E-state index contributed by atoms with van der Waals surface area (Å²) in [7, 11) is 0. The minimum Gasteiger partial charge on any atom is -0.355 e. The fraction of sp³-hybridized carbons (Fsp3) is 0.250. The SMILES string of the molecule is O=C1CC2(CCN(c3nc(-c4cccnc4)nc4scc(-c5ccccc5)c34)C2)CN1. The lowest BCUT2D eigenvalue weighted by atomic mass is 9.86. The van der Waals surface area contributed by atoms with Crippen LogP contribution in [0.3, 0.4) is 0 Å². The molecule has 1 spiro atoms. The van der Waals surface area contributed by atoms with E-state index in [1.165, 1.54) is 5.56 Å². The zero-order valence-corrected chi connectivity index (χ0v) is 17.7. The van der Waals surface area contributed by atoms with Crippen molar-refractivity contribution in [2.45, 2.75) is 12.8 Å². The Morgan fingerprint density at radius 1 is 1.06 bits per heavy atom. The quantitative estimate of drug-likeness (QED) is 0.532. The molecule has 2 saturated heterocycles. The maximum absolute atomic E-state index is 11.9. The highest BCUT2D eigenvalue weighted by Crippen LogP contribution is 2.44. The Kier molecular flexibility index (Phi) is 4.24. The molecule has 0 radical (unpaired) electrons. The van der Waals surface area contributed by atoms with E-state index in [0.717, 1.165) is 53.2 Å². The average Bonchev–Trinajstić information content (AvgIpc) is 3.53. The van der Waals surface area contributed by atoms with Crippen LogP contribution >= 0.6 is 11.3 Å². The maximum Gasteiger partial charge on any atom is 0.220 e. The molecule has 0 saturated carbocycles. The molecule has 1 unspecified atom stereocenters. The van der Waals surface area contributed by atoms with E-state index in [1.807, 2.05) is 24.4 Å². The molecule has 6 nitrogen and oxygen atoms in total. The van der Waals surface area contributed by atoms with E-state index in [-0.39, 0.29) is 11.3 Å². The van der Waals surface area contributed by atoms with Gasteiger partial charge in [-0.1, -0.05) is 30.3 Å². The second-order valence-corrected chi connectivity index (χ2v) is 9.29. The number of thiophene rings is 1. The summed E-state index contributed by atoms with van der Waals surface area (Å²) in [5, 5.41) is 6.30. The van der Waals surface area contributed by atoms with Crippen molar-refractivity contribution in [2.24, 2.45) is 5.41 Å². The highest BCUT2D eigenvalue weighted by molar-refractivity contribution is 7.17. The van der Waals surface area contributed by atoms with Gasteiger partial charge in [0.1, 0.15) is 10.6 Å². The van der Waals surface area contributed by atoms with Gasteiger partial charge in [0.05, 0.1) is 5.39 Å². The van der Waals surface area contributed by atoms with Crippen LogP contribution in [0.5, 0.6) is 0 Å². The number of aromatic nitrogens is 3. The first-order chi connectivity index (χ1) is 15.2. The average molecular weight is 428 g/mol. The van der Waals surface area contributed by atoms with Gasteiger partial charge in [0.15, 0.2) is 5.82 Å². The summed E-state index contributed by atoms with van der Waals surface area (Å²) in [6.07, 6.45) is 5.16. The lowest BCUT2D eigenvalue weighted by Crippen LogP contribution is -2.29. The topological polar surface area (TPSA) is 71.0 Å². The van der Waals surface area contributed by atoms with E-state index in [0.29, 0.717) is 12.2 Å². The summed E-state index contributed by atoms with van der Waals surface area (Å²) >= 11 is 1.65. The zero-order chi connectivity index (χ0) is 20.8. The molecule has 0 bridgehead atoms. The van der Waals surface area contributed by atoms with E-state index in [2.05, 4.69) is 44.8 Å². The van der Waals surface area contributed by atoms with Gasteiger partial charge in [0.2, 0.25) is 5.91 Å². The van der Waals surface area contributed by atoms with E-state index in [9.17, 15) is 4.79 Å². The molecule has 2 aliphatic rings. The molecule has 2 fully saturated rings. The second kappa shape index (κ2) is 7.13. The van der Waals surface area contributed by atoms with E-state index in [1.54, 1.807) is 17.5 Å². The Morgan fingerprint density at radius 2 is 1.94 bits per heavy atom. The number of hydrogen-bond acceptors (Lipinski definition) is 6. The lowest BCUT2D eigenvalue weighted by Gasteiger charge is -2.23. The van der Waals surface area contributed by atoms with Crippen molar-refractivity contribution in [1.82, 2.24) is 20.3 Å². The van der Waals surface area contributed by atoms with Gasteiger partial charge in [-0.3, -0.25) is 9.78 Å². The van der Waals surface area contributed by atoms with Gasteiger partial charge >= 0.3 is 0 Å². The molecular weight excluding hydrogens is 406 g/mol. The number of amides is 1. The zero-order valence-electron chi connectivity index (χ0n) is 16.9. The number of pyridine rings is 1. The van der Waals surface area contributed by atoms with Crippen molar-refractivity contribution in [2.75, 3.05) is 24.5 Å². The largest absolute Gasteiger partial charge is 0.355 e. The van der Waals surface area contributed by atoms with Crippen LogP contribution in [0.4, 0.5) is 5.82 Å². The van der Waals surface area contributed by atoms with Crippen molar-refractivity contribution < 1.29 is 4.79 Å². The molecule has 154 valence electrons. The first kappa shape index (κ1) is 18.4. The highest BCUT2D eigenvalue weighted by Gasteiger charge is 2.44. The normalized spacial score (nSPS) is 20.6. The van der Waals surface area contributed by atoms with Crippen LogP contribution < -0.4 is 10.2 Å². The fourth-order valence-corrected chi connectivity index (χ4v) is 5.70. The smallest absolute Gasteiger partial charge is 0.220 e. The Bertz CT molecular complexity index is 1270. The van der Waals surface area contributed by atoms with Gasteiger partial charge in [-0.25, -0.2) is 9.97 Å². The monoisotopic (exact) mass is 427 g/mol.